The molecule has 2 aromatic carbocycles. The molecule has 0 bridgehead atoms. The highest BCUT2D eigenvalue weighted by atomic mass is 19.1. The minimum absolute atomic E-state index is 0.267. The number of rotatable bonds is 5. The Balaban J connectivity index is 2.03. The first-order valence-corrected chi connectivity index (χ1v) is 9.90. The molecule has 0 saturated carbocycles. The van der Waals surface area contributed by atoms with Gasteiger partial charge in [0.15, 0.2) is 0 Å². The van der Waals surface area contributed by atoms with Crippen LogP contribution in [-0.4, -0.2) is 4.98 Å². The van der Waals surface area contributed by atoms with Gasteiger partial charge in [0.1, 0.15) is 28.5 Å². The maximum Gasteiger partial charge on any atom is 0.250 e. The molecular formula is C24H24FN4+. The summed E-state index contributed by atoms with van der Waals surface area (Å²) in [5.41, 5.74) is 6.28. The maximum absolute atomic E-state index is 13.4. The van der Waals surface area contributed by atoms with Crippen LogP contribution < -0.4 is 9.72 Å². The summed E-state index contributed by atoms with van der Waals surface area (Å²) < 4.78 is 15.5. The van der Waals surface area contributed by atoms with E-state index in [4.69, 9.17) is 0 Å². The van der Waals surface area contributed by atoms with Crippen LogP contribution in [0.1, 0.15) is 37.0 Å². The number of nitrogens with zero attached hydrogens (tertiary/aromatic N) is 2. The van der Waals surface area contributed by atoms with E-state index in [1.54, 1.807) is 12.1 Å². The first-order valence-electron chi connectivity index (χ1n) is 9.90. The van der Waals surface area contributed by atoms with Crippen LogP contribution in [0, 0.1) is 30.0 Å². The van der Waals surface area contributed by atoms with Crippen molar-refractivity contribution in [3.05, 3.63) is 71.0 Å². The Morgan fingerprint density at radius 3 is 2.55 bits per heavy atom. The van der Waals surface area contributed by atoms with Gasteiger partial charge in [-0.25, -0.2) is 4.39 Å². The van der Waals surface area contributed by atoms with Gasteiger partial charge in [-0.2, -0.15) is 9.66 Å². The number of hydrogen-bond acceptors (Lipinski definition) is 2. The predicted molar refractivity (Wildman–Crippen MR) is 114 cm³/mol. The van der Waals surface area contributed by atoms with Gasteiger partial charge in [0.2, 0.25) is 11.5 Å². The molecule has 0 saturated heterocycles. The minimum atomic E-state index is -0.267. The molecule has 5 heteroatoms. The Hall–Kier alpha value is -3.39. The molecule has 0 amide bonds. The number of anilines is 2. The monoisotopic (exact) mass is 387 g/mol. The van der Waals surface area contributed by atoms with Crippen molar-refractivity contribution in [1.29, 1.82) is 5.26 Å². The van der Waals surface area contributed by atoms with E-state index in [0.717, 1.165) is 52.2 Å². The second-order valence-electron chi connectivity index (χ2n) is 7.83. The lowest BCUT2D eigenvalue weighted by molar-refractivity contribution is -0.465. The number of pyridine rings is 1. The van der Waals surface area contributed by atoms with Crippen molar-refractivity contribution in [2.24, 2.45) is 5.92 Å². The first-order chi connectivity index (χ1) is 14.0. The van der Waals surface area contributed by atoms with E-state index in [-0.39, 0.29) is 5.82 Å². The van der Waals surface area contributed by atoms with Crippen LogP contribution >= 0.6 is 0 Å². The number of halogens is 1. The number of H-pyrrole nitrogens is 1. The number of aromatic nitrogens is 2. The smallest absolute Gasteiger partial charge is 0.250 e. The van der Waals surface area contributed by atoms with Gasteiger partial charge in [0, 0.05) is 5.56 Å². The number of nitrogens with one attached hydrogen (secondary N) is 2. The average Bonchev–Trinajstić information content (AvgIpc) is 3.08. The SMILES string of the molecule is Cc1c(CCC(C)C)c(Nc2ccc(F)cc2)[n+]2c([nH]c3ccccc32)c1C#N. The van der Waals surface area contributed by atoms with Crippen LogP contribution in [0.2, 0.25) is 0 Å². The molecule has 0 fully saturated rings. The minimum Gasteiger partial charge on any atom is -0.273 e. The number of aromatic amines is 1. The highest BCUT2D eigenvalue weighted by Crippen LogP contribution is 2.29. The molecule has 146 valence electrons. The third-order valence-corrected chi connectivity index (χ3v) is 5.39. The summed E-state index contributed by atoms with van der Waals surface area (Å²) >= 11 is 0. The Labute approximate surface area is 169 Å². The summed E-state index contributed by atoms with van der Waals surface area (Å²) in [7, 11) is 0. The lowest BCUT2D eigenvalue weighted by Gasteiger charge is -2.15. The van der Waals surface area contributed by atoms with Crippen molar-refractivity contribution in [3.8, 4) is 6.07 Å². The fourth-order valence-electron chi connectivity index (χ4n) is 3.80. The molecule has 2 N–H and O–H groups in total. The van der Waals surface area contributed by atoms with Crippen LogP contribution in [0.15, 0.2) is 48.5 Å². The van der Waals surface area contributed by atoms with E-state index >= 15 is 0 Å². The Bertz CT molecular complexity index is 1230. The zero-order valence-corrected chi connectivity index (χ0v) is 16.9. The van der Waals surface area contributed by atoms with E-state index in [1.807, 2.05) is 31.2 Å². The molecule has 0 radical (unpaired) electrons. The molecule has 4 nitrogen and oxygen atoms in total. The summed E-state index contributed by atoms with van der Waals surface area (Å²) in [5.74, 6) is 1.19. The summed E-state index contributed by atoms with van der Waals surface area (Å²) in [6.45, 7) is 6.41. The van der Waals surface area contributed by atoms with Crippen LogP contribution in [0.4, 0.5) is 15.9 Å². The first kappa shape index (κ1) is 18.9. The van der Waals surface area contributed by atoms with Crippen LogP contribution in [0.25, 0.3) is 16.7 Å². The van der Waals surface area contributed by atoms with E-state index < -0.39 is 0 Å². The molecule has 0 unspecified atom stereocenters. The van der Waals surface area contributed by atoms with E-state index in [2.05, 4.69) is 34.6 Å². The highest BCUT2D eigenvalue weighted by Gasteiger charge is 2.25. The summed E-state index contributed by atoms with van der Waals surface area (Å²) in [6, 6.07) is 16.8. The number of benzene rings is 2. The van der Waals surface area contributed by atoms with Gasteiger partial charge in [-0.3, -0.25) is 10.3 Å². The Morgan fingerprint density at radius 2 is 1.86 bits per heavy atom. The number of hydrogen-bond donors (Lipinski definition) is 2. The summed E-state index contributed by atoms with van der Waals surface area (Å²) in [5, 5.41) is 13.4. The van der Waals surface area contributed by atoms with Gasteiger partial charge in [0.05, 0.1) is 5.69 Å². The van der Waals surface area contributed by atoms with Crippen molar-refractivity contribution in [3.63, 3.8) is 0 Å². The number of fused-ring (bicyclic) bond motifs is 3. The zero-order chi connectivity index (χ0) is 20.5. The van der Waals surface area contributed by atoms with Crippen molar-refractivity contribution in [1.82, 2.24) is 4.98 Å². The van der Waals surface area contributed by atoms with Crippen molar-refractivity contribution in [2.75, 3.05) is 5.32 Å². The van der Waals surface area contributed by atoms with Gasteiger partial charge < -0.3 is 0 Å². The van der Waals surface area contributed by atoms with E-state index in [0.29, 0.717) is 11.5 Å². The van der Waals surface area contributed by atoms with E-state index in [1.165, 1.54) is 12.1 Å². The third kappa shape index (κ3) is 3.42. The second-order valence-corrected chi connectivity index (χ2v) is 7.83. The lowest BCUT2D eigenvalue weighted by Crippen LogP contribution is -2.28. The molecular weight excluding hydrogens is 363 g/mol. The van der Waals surface area contributed by atoms with Crippen molar-refractivity contribution >= 4 is 28.2 Å². The van der Waals surface area contributed by atoms with Crippen LogP contribution in [0.5, 0.6) is 0 Å². The standard InChI is InChI=1S/C24H23FN4/c1-15(2)8-13-19-16(3)20(14-26)24-28-21-6-4-5-7-22(21)29(24)23(19)27-18-11-9-17(25)10-12-18/h4-7,9-12,15H,8,13H2,1-3H3,(H,27,28)/p+1. The van der Waals surface area contributed by atoms with Gasteiger partial charge in [-0.15, -0.1) is 0 Å². The second kappa shape index (κ2) is 7.56. The molecule has 29 heavy (non-hydrogen) atoms. The zero-order valence-electron chi connectivity index (χ0n) is 16.9. The molecule has 4 rings (SSSR count). The third-order valence-electron chi connectivity index (χ3n) is 5.39. The van der Waals surface area contributed by atoms with Gasteiger partial charge >= 0.3 is 0 Å². The largest absolute Gasteiger partial charge is 0.273 e. The highest BCUT2D eigenvalue weighted by molar-refractivity contribution is 5.78. The average molecular weight is 387 g/mol. The Kier molecular flexibility index (Phi) is 4.94. The van der Waals surface area contributed by atoms with Gasteiger partial charge in [0.25, 0.3) is 0 Å². The molecule has 0 aliphatic rings. The normalized spacial score (nSPS) is 11.3. The number of para-hydroxylation sites is 2. The quantitative estimate of drug-likeness (QED) is 0.441. The van der Waals surface area contributed by atoms with Gasteiger partial charge in [-0.1, -0.05) is 26.0 Å². The molecule has 4 aromatic rings. The van der Waals surface area contributed by atoms with Crippen molar-refractivity contribution in [2.45, 2.75) is 33.6 Å². The van der Waals surface area contributed by atoms with Gasteiger partial charge in [-0.05, 0) is 67.6 Å². The molecule has 0 spiro atoms. The van der Waals surface area contributed by atoms with E-state index in [9.17, 15) is 9.65 Å². The molecule has 2 heterocycles. The molecule has 0 atom stereocenters. The maximum atomic E-state index is 13.4. The number of nitriles is 1. The van der Waals surface area contributed by atoms with Crippen LogP contribution in [0.3, 0.4) is 0 Å². The molecule has 0 aliphatic carbocycles. The number of imidazole rings is 1. The summed E-state index contributed by atoms with van der Waals surface area (Å²) in [4.78, 5) is 3.41. The fourth-order valence-corrected chi connectivity index (χ4v) is 3.80. The lowest BCUT2D eigenvalue weighted by atomic mass is 9.96. The summed E-state index contributed by atoms with van der Waals surface area (Å²) in [6.07, 6.45) is 1.86. The Morgan fingerprint density at radius 1 is 1.14 bits per heavy atom. The molecule has 0 aliphatic heterocycles. The fraction of sp³-hybridized carbons (Fsp3) is 0.250. The molecule has 2 aromatic heterocycles. The van der Waals surface area contributed by atoms with Crippen molar-refractivity contribution < 1.29 is 8.79 Å². The predicted octanol–water partition coefficient (Wildman–Crippen LogP) is 5.56. The van der Waals surface area contributed by atoms with Crippen LogP contribution in [-0.2, 0) is 6.42 Å². The topological polar surface area (TPSA) is 55.7 Å².